The minimum Gasteiger partial charge on any atom is -0.444 e. The van der Waals surface area contributed by atoms with Gasteiger partial charge in [-0.3, -0.25) is 4.98 Å². The molecule has 18 heavy (non-hydrogen) atoms. The zero-order valence-electron chi connectivity index (χ0n) is 11.0. The number of hydrogen-bond donors (Lipinski definition) is 1. The maximum absolute atomic E-state index is 11.7. The lowest BCUT2D eigenvalue weighted by Crippen LogP contribution is -2.60. The van der Waals surface area contributed by atoms with Gasteiger partial charge >= 0.3 is 6.09 Å². The van der Waals surface area contributed by atoms with E-state index in [0.717, 1.165) is 6.54 Å². The number of nitrogens with one attached hydrogen (secondary N) is 1. The lowest BCUT2D eigenvalue weighted by molar-refractivity contribution is 0.00521. The van der Waals surface area contributed by atoms with Crippen LogP contribution in [0.15, 0.2) is 11.7 Å². The Hall–Kier alpha value is -1.14. The first-order valence-corrected chi connectivity index (χ1v) is 6.91. The number of carbonyl (C=O) groups is 1. The van der Waals surface area contributed by atoms with E-state index in [-0.39, 0.29) is 6.09 Å². The molecule has 1 aromatic heterocycles. The van der Waals surface area contributed by atoms with Gasteiger partial charge in [-0.1, -0.05) is 0 Å². The Bertz CT molecular complexity index is 394. The maximum atomic E-state index is 11.7. The van der Waals surface area contributed by atoms with Gasteiger partial charge < -0.3 is 15.0 Å². The third-order valence-corrected chi connectivity index (χ3v) is 3.36. The third-order valence-electron chi connectivity index (χ3n) is 2.58. The first-order chi connectivity index (χ1) is 8.44. The van der Waals surface area contributed by atoms with Crippen LogP contribution in [0.1, 0.15) is 25.6 Å². The number of amides is 1. The van der Waals surface area contributed by atoms with Crippen molar-refractivity contribution in [3.05, 3.63) is 16.6 Å². The first kappa shape index (κ1) is 13.3. The van der Waals surface area contributed by atoms with E-state index in [1.54, 1.807) is 16.2 Å². The molecule has 2 rings (SSSR count). The average Bonchev–Trinajstić information content (AvgIpc) is 2.64. The van der Waals surface area contributed by atoms with E-state index in [4.69, 9.17) is 4.74 Å². The van der Waals surface area contributed by atoms with Crippen molar-refractivity contribution in [3.63, 3.8) is 0 Å². The minimum absolute atomic E-state index is 0.224. The van der Waals surface area contributed by atoms with Crippen molar-refractivity contribution in [2.45, 2.75) is 39.0 Å². The van der Waals surface area contributed by atoms with Crippen molar-refractivity contribution in [2.24, 2.45) is 0 Å². The lowest BCUT2D eigenvalue weighted by atomic mass is 10.1. The van der Waals surface area contributed by atoms with Crippen LogP contribution in [0.5, 0.6) is 0 Å². The van der Waals surface area contributed by atoms with Gasteiger partial charge in [0.1, 0.15) is 5.60 Å². The van der Waals surface area contributed by atoms with Gasteiger partial charge in [-0.05, 0) is 20.8 Å². The molecule has 0 aliphatic carbocycles. The van der Waals surface area contributed by atoms with Crippen molar-refractivity contribution < 1.29 is 9.53 Å². The Morgan fingerprint density at radius 2 is 2.33 bits per heavy atom. The fraction of sp³-hybridized carbons (Fsp3) is 0.667. The van der Waals surface area contributed by atoms with Crippen LogP contribution in [-0.4, -0.2) is 40.7 Å². The Morgan fingerprint density at radius 1 is 1.61 bits per heavy atom. The molecule has 0 atom stereocenters. The predicted octanol–water partition coefficient (Wildman–Crippen LogP) is 1.85. The van der Waals surface area contributed by atoms with E-state index in [0.29, 0.717) is 19.1 Å². The Balaban J connectivity index is 1.66. The molecule has 6 heteroatoms. The molecule has 100 valence electrons. The highest BCUT2D eigenvalue weighted by atomic mass is 32.1. The molecule has 1 saturated heterocycles. The molecular weight excluding hydrogens is 250 g/mol. The van der Waals surface area contributed by atoms with E-state index >= 15 is 0 Å². The molecule has 1 aliphatic heterocycles. The van der Waals surface area contributed by atoms with Crippen molar-refractivity contribution in [2.75, 3.05) is 13.1 Å². The second kappa shape index (κ2) is 5.24. The SMILES string of the molecule is CC(C)(C)OC(=O)N1CC(NCc2cncs2)C1. The van der Waals surface area contributed by atoms with Crippen molar-refractivity contribution in [1.29, 1.82) is 0 Å². The number of aromatic nitrogens is 1. The van der Waals surface area contributed by atoms with E-state index in [2.05, 4.69) is 10.3 Å². The molecule has 1 aromatic rings. The minimum atomic E-state index is -0.418. The lowest BCUT2D eigenvalue weighted by Gasteiger charge is -2.40. The molecule has 1 aliphatic rings. The van der Waals surface area contributed by atoms with Gasteiger partial charge in [0.2, 0.25) is 0 Å². The molecule has 0 bridgehead atoms. The van der Waals surface area contributed by atoms with Gasteiger partial charge in [-0.2, -0.15) is 0 Å². The van der Waals surface area contributed by atoms with Gasteiger partial charge in [-0.15, -0.1) is 11.3 Å². The summed E-state index contributed by atoms with van der Waals surface area (Å²) in [4.78, 5) is 18.6. The molecule has 0 radical (unpaired) electrons. The number of carbonyl (C=O) groups excluding carboxylic acids is 1. The summed E-state index contributed by atoms with van der Waals surface area (Å²) in [5.74, 6) is 0. The summed E-state index contributed by atoms with van der Waals surface area (Å²) >= 11 is 1.64. The summed E-state index contributed by atoms with van der Waals surface area (Å²) in [5.41, 5.74) is 1.41. The van der Waals surface area contributed by atoms with Gasteiger partial charge in [-0.25, -0.2) is 4.79 Å². The van der Waals surface area contributed by atoms with Crippen LogP contribution >= 0.6 is 11.3 Å². The summed E-state index contributed by atoms with van der Waals surface area (Å²) in [7, 11) is 0. The fourth-order valence-electron chi connectivity index (χ4n) is 1.66. The smallest absolute Gasteiger partial charge is 0.410 e. The highest BCUT2D eigenvalue weighted by Crippen LogP contribution is 2.15. The Morgan fingerprint density at radius 3 is 2.89 bits per heavy atom. The van der Waals surface area contributed by atoms with Crippen molar-refractivity contribution in [1.82, 2.24) is 15.2 Å². The standard InChI is InChI=1S/C12H19N3O2S/c1-12(2,3)17-11(16)15-6-9(7-15)14-5-10-4-13-8-18-10/h4,8-9,14H,5-7H2,1-3H3. The molecule has 1 fully saturated rings. The summed E-state index contributed by atoms with van der Waals surface area (Å²) in [6, 6.07) is 0.361. The summed E-state index contributed by atoms with van der Waals surface area (Å²) in [6.45, 7) is 7.89. The molecule has 0 aromatic carbocycles. The van der Waals surface area contributed by atoms with Crippen LogP contribution in [0.4, 0.5) is 4.79 Å². The molecule has 1 N–H and O–H groups in total. The van der Waals surface area contributed by atoms with E-state index < -0.39 is 5.60 Å². The van der Waals surface area contributed by atoms with Gasteiger partial charge in [0, 0.05) is 36.8 Å². The number of likely N-dealkylation sites (tertiary alicyclic amines) is 1. The van der Waals surface area contributed by atoms with E-state index in [9.17, 15) is 4.79 Å². The van der Waals surface area contributed by atoms with Crippen LogP contribution in [0.2, 0.25) is 0 Å². The monoisotopic (exact) mass is 269 g/mol. The molecule has 0 unspecified atom stereocenters. The second-order valence-corrected chi connectivity index (χ2v) is 6.40. The molecule has 0 saturated carbocycles. The van der Waals surface area contributed by atoms with Crippen LogP contribution in [0, 0.1) is 0 Å². The molecular formula is C12H19N3O2S. The fourth-order valence-corrected chi connectivity index (χ4v) is 2.20. The number of hydrogen-bond acceptors (Lipinski definition) is 5. The van der Waals surface area contributed by atoms with Gasteiger partial charge in [0.15, 0.2) is 0 Å². The molecule has 5 nitrogen and oxygen atoms in total. The number of ether oxygens (including phenoxy) is 1. The van der Waals surface area contributed by atoms with Gasteiger partial charge in [0.05, 0.1) is 5.51 Å². The van der Waals surface area contributed by atoms with E-state index in [1.807, 2.05) is 32.5 Å². The van der Waals surface area contributed by atoms with Crippen LogP contribution in [0.3, 0.4) is 0 Å². The van der Waals surface area contributed by atoms with Crippen molar-refractivity contribution >= 4 is 17.4 Å². The predicted molar refractivity (Wildman–Crippen MR) is 70.5 cm³/mol. The highest BCUT2D eigenvalue weighted by molar-refractivity contribution is 7.09. The largest absolute Gasteiger partial charge is 0.444 e. The Kier molecular flexibility index (Phi) is 3.87. The highest BCUT2D eigenvalue weighted by Gasteiger charge is 2.33. The number of nitrogens with zero attached hydrogens (tertiary/aromatic N) is 2. The Labute approximate surface area is 111 Å². The zero-order chi connectivity index (χ0) is 13.2. The molecule has 2 heterocycles. The molecule has 0 spiro atoms. The zero-order valence-corrected chi connectivity index (χ0v) is 11.8. The van der Waals surface area contributed by atoms with Gasteiger partial charge in [0.25, 0.3) is 0 Å². The average molecular weight is 269 g/mol. The summed E-state index contributed by atoms with van der Waals surface area (Å²) in [5, 5.41) is 3.39. The maximum Gasteiger partial charge on any atom is 0.410 e. The number of thiazole rings is 1. The van der Waals surface area contributed by atoms with Crippen LogP contribution in [-0.2, 0) is 11.3 Å². The quantitative estimate of drug-likeness (QED) is 0.910. The van der Waals surface area contributed by atoms with Crippen LogP contribution < -0.4 is 5.32 Å². The molecule has 1 amide bonds. The van der Waals surface area contributed by atoms with E-state index in [1.165, 1.54) is 4.88 Å². The summed E-state index contributed by atoms with van der Waals surface area (Å²) in [6.07, 6.45) is 1.64. The first-order valence-electron chi connectivity index (χ1n) is 6.03. The van der Waals surface area contributed by atoms with Crippen LogP contribution in [0.25, 0.3) is 0 Å². The van der Waals surface area contributed by atoms with Crippen molar-refractivity contribution in [3.8, 4) is 0 Å². The topological polar surface area (TPSA) is 54.5 Å². The number of rotatable bonds is 3. The summed E-state index contributed by atoms with van der Waals surface area (Å²) < 4.78 is 5.29. The third kappa shape index (κ3) is 3.68. The second-order valence-electron chi connectivity index (χ2n) is 5.43. The normalized spacial score (nSPS) is 16.5.